The van der Waals surface area contributed by atoms with Crippen molar-refractivity contribution < 1.29 is 23.1 Å². The van der Waals surface area contributed by atoms with Crippen LogP contribution >= 0.6 is 0 Å². The molecule has 1 N–H and O–H groups in total. The molecule has 2 heterocycles. The maximum atomic E-state index is 13.8. The van der Waals surface area contributed by atoms with Crippen LogP contribution in [-0.4, -0.2) is 45.3 Å². The lowest BCUT2D eigenvalue weighted by molar-refractivity contribution is -0.158. The lowest BCUT2D eigenvalue weighted by atomic mass is 9.80. The molecule has 0 saturated carbocycles. The highest BCUT2D eigenvalue weighted by Crippen LogP contribution is 2.40. The number of rotatable bonds is 9. The highest BCUT2D eigenvalue weighted by molar-refractivity contribution is 7.89. The second-order valence-corrected chi connectivity index (χ2v) is 12.6. The summed E-state index contributed by atoms with van der Waals surface area (Å²) >= 11 is 0. The van der Waals surface area contributed by atoms with Crippen LogP contribution < -0.4 is 0 Å². The first-order valence-electron chi connectivity index (χ1n) is 12.8. The monoisotopic (exact) mass is 540 g/mol. The van der Waals surface area contributed by atoms with E-state index in [0.717, 1.165) is 16.7 Å². The minimum absolute atomic E-state index is 0.0706. The van der Waals surface area contributed by atoms with E-state index in [2.05, 4.69) is 10.3 Å². The third-order valence-corrected chi connectivity index (χ3v) is 9.03. The molecule has 1 aliphatic rings. The van der Waals surface area contributed by atoms with Gasteiger partial charge in [0.1, 0.15) is 5.69 Å². The number of sulfonamides is 1. The van der Waals surface area contributed by atoms with Gasteiger partial charge in [-0.15, -0.1) is 5.10 Å². The fraction of sp³-hybridized carbons (Fsp3) is 0.464. The van der Waals surface area contributed by atoms with Crippen molar-refractivity contribution in [3.8, 4) is 0 Å². The molecule has 0 unspecified atom stereocenters. The largest absolute Gasteiger partial charge is 0.481 e. The fourth-order valence-corrected chi connectivity index (χ4v) is 6.71. The van der Waals surface area contributed by atoms with Crippen molar-refractivity contribution in [2.45, 2.75) is 71.7 Å². The zero-order chi connectivity index (χ0) is 27.7. The Morgan fingerprint density at radius 1 is 1.24 bits per heavy atom. The number of carboxylic acids is 1. The van der Waals surface area contributed by atoms with E-state index in [-0.39, 0.29) is 19.1 Å². The maximum Gasteiger partial charge on any atom is 0.312 e. The summed E-state index contributed by atoms with van der Waals surface area (Å²) in [5, 5.41) is 18.3. The standard InChI is InChI=1S/C28H36N4O5S/c1-6-31-17-23(29-30-31)18-37-26(28(4,5)27(33)34)24-12-11-19(2)13-22(24)16-32-15-20(3)14-21-9-7-8-10-25(21)38(32,35)36/h7-13,17,20,26H,6,14-16,18H2,1-5H3,(H,33,34)/t20-,26+/m0/s1. The van der Waals surface area contributed by atoms with Crippen LogP contribution in [-0.2, 0) is 45.7 Å². The van der Waals surface area contributed by atoms with Crippen molar-refractivity contribution in [1.29, 1.82) is 0 Å². The van der Waals surface area contributed by atoms with Crippen molar-refractivity contribution in [1.82, 2.24) is 19.3 Å². The van der Waals surface area contributed by atoms with Gasteiger partial charge in [-0.2, -0.15) is 4.31 Å². The van der Waals surface area contributed by atoms with Crippen LogP contribution in [0.2, 0.25) is 0 Å². The van der Waals surface area contributed by atoms with Gasteiger partial charge < -0.3 is 9.84 Å². The molecule has 0 radical (unpaired) electrons. The molecule has 0 amide bonds. The summed E-state index contributed by atoms with van der Waals surface area (Å²) in [5.74, 6) is -0.901. The average molecular weight is 541 g/mol. The molecule has 2 aromatic carbocycles. The van der Waals surface area contributed by atoms with Crippen LogP contribution in [0.4, 0.5) is 0 Å². The van der Waals surface area contributed by atoms with Crippen LogP contribution in [0.5, 0.6) is 0 Å². The fourth-order valence-electron chi connectivity index (χ4n) is 4.94. The first-order chi connectivity index (χ1) is 17.9. The van der Waals surface area contributed by atoms with E-state index in [0.29, 0.717) is 35.7 Å². The molecule has 2 atom stereocenters. The molecule has 9 nitrogen and oxygen atoms in total. The van der Waals surface area contributed by atoms with Gasteiger partial charge in [-0.1, -0.05) is 54.1 Å². The van der Waals surface area contributed by atoms with E-state index in [1.807, 2.05) is 51.1 Å². The van der Waals surface area contributed by atoms with Crippen molar-refractivity contribution in [3.05, 3.63) is 76.6 Å². The molecule has 0 aliphatic carbocycles. The molecule has 0 fully saturated rings. The third-order valence-electron chi connectivity index (χ3n) is 7.12. The number of hydrogen-bond acceptors (Lipinski definition) is 6. The van der Waals surface area contributed by atoms with Crippen LogP contribution in [0.1, 0.15) is 61.7 Å². The molecule has 1 aromatic heterocycles. The first kappa shape index (κ1) is 27.9. The molecule has 0 bridgehead atoms. The lowest BCUT2D eigenvalue weighted by Gasteiger charge is -2.33. The van der Waals surface area contributed by atoms with Crippen LogP contribution in [0, 0.1) is 18.3 Å². The SMILES string of the molecule is CCn1cc(CO[C@H](c2ccc(C)cc2CN2C[C@@H](C)Cc3ccccc3S2(=O)=O)C(C)(C)C(=O)O)nn1. The van der Waals surface area contributed by atoms with Crippen molar-refractivity contribution in [2.24, 2.45) is 11.3 Å². The maximum absolute atomic E-state index is 13.8. The molecular formula is C28H36N4O5S. The van der Waals surface area contributed by atoms with Gasteiger partial charge in [0.05, 0.1) is 29.2 Å². The Kier molecular flexibility index (Phi) is 8.06. The number of fused-ring (bicyclic) bond motifs is 1. The zero-order valence-electron chi connectivity index (χ0n) is 22.6. The Morgan fingerprint density at radius 2 is 1.97 bits per heavy atom. The molecule has 38 heavy (non-hydrogen) atoms. The first-order valence-corrected chi connectivity index (χ1v) is 14.3. The topological polar surface area (TPSA) is 115 Å². The number of hydrogen-bond donors (Lipinski definition) is 1. The number of carbonyl (C=O) groups is 1. The van der Waals surface area contributed by atoms with Gasteiger partial charge in [-0.05, 0) is 62.8 Å². The van der Waals surface area contributed by atoms with Crippen LogP contribution in [0.25, 0.3) is 0 Å². The summed E-state index contributed by atoms with van der Waals surface area (Å²) in [6.07, 6.45) is 1.58. The van der Waals surface area contributed by atoms with Crippen LogP contribution in [0.15, 0.2) is 53.6 Å². The second-order valence-electron chi connectivity index (χ2n) is 10.7. The summed E-state index contributed by atoms with van der Waals surface area (Å²) in [4.78, 5) is 12.7. The van der Waals surface area contributed by atoms with Gasteiger partial charge in [0.15, 0.2) is 0 Å². The molecule has 204 valence electrons. The van der Waals surface area contributed by atoms with E-state index < -0.39 is 27.5 Å². The number of benzene rings is 2. The van der Waals surface area contributed by atoms with E-state index in [1.165, 1.54) is 4.31 Å². The predicted molar refractivity (Wildman–Crippen MR) is 143 cm³/mol. The average Bonchev–Trinajstić information content (AvgIpc) is 3.29. The van der Waals surface area contributed by atoms with Gasteiger partial charge >= 0.3 is 5.97 Å². The smallest absolute Gasteiger partial charge is 0.312 e. The zero-order valence-corrected chi connectivity index (χ0v) is 23.4. The Labute approximate surface area is 224 Å². The molecule has 10 heteroatoms. The Bertz CT molecular complexity index is 1420. The Hall–Kier alpha value is -3.08. The quantitative estimate of drug-likeness (QED) is 0.429. The van der Waals surface area contributed by atoms with E-state index >= 15 is 0 Å². The second kappa shape index (κ2) is 11.0. The van der Waals surface area contributed by atoms with Gasteiger partial charge in [-0.25, -0.2) is 8.42 Å². The number of ether oxygens (including phenoxy) is 1. The molecule has 0 saturated heterocycles. The number of nitrogens with zero attached hydrogens (tertiary/aromatic N) is 4. The van der Waals surface area contributed by atoms with Gasteiger partial charge in [0, 0.05) is 19.6 Å². The van der Waals surface area contributed by atoms with Gasteiger partial charge in [0.25, 0.3) is 0 Å². The van der Waals surface area contributed by atoms with Crippen molar-refractivity contribution in [3.63, 3.8) is 0 Å². The highest BCUT2D eigenvalue weighted by atomic mass is 32.2. The summed E-state index contributed by atoms with van der Waals surface area (Å²) in [6.45, 7) is 10.4. The van der Waals surface area contributed by atoms with Crippen LogP contribution in [0.3, 0.4) is 0 Å². The van der Waals surface area contributed by atoms with E-state index in [1.54, 1.807) is 36.9 Å². The number of carboxylic acid groups (broad SMARTS) is 1. The van der Waals surface area contributed by atoms with Gasteiger partial charge in [-0.3, -0.25) is 9.48 Å². The van der Waals surface area contributed by atoms with Crippen molar-refractivity contribution in [2.75, 3.05) is 6.54 Å². The minimum atomic E-state index is -3.76. The summed E-state index contributed by atoms with van der Waals surface area (Å²) < 4.78 is 37.0. The normalized spacial score (nSPS) is 18.5. The number of aryl methyl sites for hydroxylation is 2. The predicted octanol–water partition coefficient (Wildman–Crippen LogP) is 4.36. The van der Waals surface area contributed by atoms with E-state index in [9.17, 15) is 18.3 Å². The molecule has 4 rings (SSSR count). The van der Waals surface area contributed by atoms with Gasteiger partial charge in [0.2, 0.25) is 10.0 Å². The number of aromatic nitrogens is 3. The lowest BCUT2D eigenvalue weighted by Crippen LogP contribution is -2.36. The highest BCUT2D eigenvalue weighted by Gasteiger charge is 2.41. The minimum Gasteiger partial charge on any atom is -0.481 e. The molecule has 0 spiro atoms. The summed E-state index contributed by atoms with van der Waals surface area (Å²) in [5.41, 5.74) is 2.42. The molecule has 3 aromatic rings. The summed E-state index contributed by atoms with van der Waals surface area (Å²) in [7, 11) is -3.76. The Morgan fingerprint density at radius 3 is 2.66 bits per heavy atom. The number of aliphatic carboxylic acids is 1. The third kappa shape index (κ3) is 5.67. The Balaban J connectivity index is 1.74. The van der Waals surface area contributed by atoms with Crippen molar-refractivity contribution >= 4 is 16.0 Å². The molecular weight excluding hydrogens is 504 g/mol. The summed E-state index contributed by atoms with van der Waals surface area (Å²) in [6, 6.07) is 12.8. The molecule has 1 aliphatic heterocycles. The van der Waals surface area contributed by atoms with E-state index in [4.69, 9.17) is 4.74 Å².